The summed E-state index contributed by atoms with van der Waals surface area (Å²) >= 11 is 0. The number of methoxy groups -OCH3 is 1. The van der Waals surface area contributed by atoms with Crippen LogP contribution in [0.4, 0.5) is 5.69 Å². The zero-order valence-corrected chi connectivity index (χ0v) is 17.9. The molecular formula is C20H28IN3O2. The molecule has 26 heavy (non-hydrogen) atoms. The van der Waals surface area contributed by atoms with Gasteiger partial charge in [-0.15, -0.1) is 24.0 Å². The van der Waals surface area contributed by atoms with Gasteiger partial charge in [-0.25, -0.2) is 0 Å². The van der Waals surface area contributed by atoms with Crippen molar-refractivity contribution in [1.29, 1.82) is 0 Å². The summed E-state index contributed by atoms with van der Waals surface area (Å²) in [6.45, 7) is 4.96. The lowest BCUT2D eigenvalue weighted by atomic mass is 9.99. The number of aromatic hydroxyl groups is 1. The van der Waals surface area contributed by atoms with Gasteiger partial charge in [0, 0.05) is 12.2 Å². The average Bonchev–Trinajstić information content (AvgIpc) is 2.63. The lowest BCUT2D eigenvalue weighted by Crippen LogP contribution is -2.23. The maximum Gasteiger partial charge on any atom is 0.193 e. The molecule has 4 N–H and O–H groups in total. The summed E-state index contributed by atoms with van der Waals surface area (Å²) in [7, 11) is 1.53. The number of phenolic OH excluding ortho intramolecular Hbond substituents is 1. The highest BCUT2D eigenvalue weighted by molar-refractivity contribution is 14.0. The van der Waals surface area contributed by atoms with Gasteiger partial charge in [0.05, 0.1) is 7.11 Å². The van der Waals surface area contributed by atoms with Gasteiger partial charge in [-0.05, 0) is 54.2 Å². The predicted octanol–water partition coefficient (Wildman–Crippen LogP) is 4.50. The van der Waals surface area contributed by atoms with E-state index in [-0.39, 0.29) is 29.7 Å². The quantitative estimate of drug-likeness (QED) is 0.317. The highest BCUT2D eigenvalue weighted by Crippen LogP contribution is 2.26. The average molecular weight is 469 g/mol. The zero-order valence-electron chi connectivity index (χ0n) is 15.5. The second-order valence-corrected chi connectivity index (χ2v) is 6.08. The Bertz CT molecular complexity index is 717. The molecule has 0 aliphatic rings. The minimum atomic E-state index is 0. The Morgan fingerprint density at radius 3 is 2.54 bits per heavy atom. The van der Waals surface area contributed by atoms with E-state index in [4.69, 9.17) is 10.5 Å². The minimum Gasteiger partial charge on any atom is -0.504 e. The number of ether oxygens (including phenoxy) is 1. The first-order valence-corrected chi connectivity index (χ1v) is 8.56. The van der Waals surface area contributed by atoms with Crippen LogP contribution in [0, 0.1) is 0 Å². The number of anilines is 1. The van der Waals surface area contributed by atoms with E-state index in [1.165, 1.54) is 12.7 Å². The van der Waals surface area contributed by atoms with Gasteiger partial charge >= 0.3 is 0 Å². The molecule has 2 aromatic rings. The smallest absolute Gasteiger partial charge is 0.193 e. The van der Waals surface area contributed by atoms with Crippen molar-refractivity contribution >= 4 is 35.6 Å². The van der Waals surface area contributed by atoms with E-state index in [1.807, 2.05) is 24.3 Å². The fraction of sp³-hybridized carbons (Fsp3) is 0.350. The van der Waals surface area contributed by atoms with Crippen LogP contribution in [0.15, 0.2) is 47.5 Å². The molecular weight excluding hydrogens is 441 g/mol. The first-order valence-electron chi connectivity index (χ1n) is 8.56. The summed E-state index contributed by atoms with van der Waals surface area (Å²) in [4.78, 5) is 4.35. The SMILES string of the molecule is CCC(C)c1ccc(NC(N)=NCCc2ccc(O)c(OC)c2)cc1.I. The molecule has 6 heteroatoms. The molecule has 0 radical (unpaired) electrons. The molecule has 0 aliphatic heterocycles. The van der Waals surface area contributed by atoms with Gasteiger partial charge in [-0.1, -0.05) is 32.0 Å². The molecule has 1 atom stereocenters. The summed E-state index contributed by atoms with van der Waals surface area (Å²) in [5, 5.41) is 12.7. The van der Waals surface area contributed by atoms with Crippen LogP contribution in [0.25, 0.3) is 0 Å². The number of rotatable bonds is 7. The first kappa shape index (κ1) is 22.1. The number of hydrogen-bond donors (Lipinski definition) is 3. The Kier molecular flexibility index (Phi) is 9.26. The van der Waals surface area contributed by atoms with Crippen molar-refractivity contribution in [3.05, 3.63) is 53.6 Å². The number of aliphatic imine (C=N–C) groups is 1. The molecule has 0 saturated heterocycles. The Labute approximate surface area is 172 Å². The van der Waals surface area contributed by atoms with E-state index in [1.54, 1.807) is 6.07 Å². The third-order valence-electron chi connectivity index (χ3n) is 4.29. The zero-order chi connectivity index (χ0) is 18.2. The van der Waals surface area contributed by atoms with Gasteiger partial charge in [-0.2, -0.15) is 0 Å². The number of benzene rings is 2. The van der Waals surface area contributed by atoms with Crippen molar-refractivity contribution < 1.29 is 9.84 Å². The van der Waals surface area contributed by atoms with E-state index in [0.29, 0.717) is 30.6 Å². The third kappa shape index (κ3) is 6.40. The fourth-order valence-electron chi connectivity index (χ4n) is 2.50. The molecule has 2 rings (SSSR count). The van der Waals surface area contributed by atoms with Gasteiger partial charge in [0.1, 0.15) is 0 Å². The first-order chi connectivity index (χ1) is 12.0. The third-order valence-corrected chi connectivity index (χ3v) is 4.29. The van der Waals surface area contributed by atoms with Crippen molar-refractivity contribution in [3.63, 3.8) is 0 Å². The van der Waals surface area contributed by atoms with E-state index >= 15 is 0 Å². The van der Waals surface area contributed by atoms with Gasteiger partial charge in [-0.3, -0.25) is 4.99 Å². The summed E-state index contributed by atoms with van der Waals surface area (Å²) in [5.74, 6) is 1.55. The molecule has 0 aliphatic carbocycles. The maximum absolute atomic E-state index is 9.60. The van der Waals surface area contributed by atoms with Crippen LogP contribution in [0.3, 0.4) is 0 Å². The van der Waals surface area contributed by atoms with Crippen LogP contribution < -0.4 is 15.8 Å². The lowest BCUT2D eigenvalue weighted by molar-refractivity contribution is 0.373. The summed E-state index contributed by atoms with van der Waals surface area (Å²) < 4.78 is 5.10. The summed E-state index contributed by atoms with van der Waals surface area (Å²) in [5.41, 5.74) is 9.23. The number of nitrogens with zero attached hydrogens (tertiary/aromatic N) is 1. The Balaban J connectivity index is 0.00000338. The molecule has 1 unspecified atom stereocenters. The van der Waals surface area contributed by atoms with Gasteiger partial charge < -0.3 is 20.9 Å². The molecule has 0 spiro atoms. The predicted molar refractivity (Wildman–Crippen MR) is 119 cm³/mol. The molecule has 5 nitrogen and oxygen atoms in total. The normalized spacial score (nSPS) is 12.2. The number of guanidine groups is 1. The Hall–Kier alpha value is -1.96. The standard InChI is InChI=1S/C20H27N3O2.HI/c1-4-14(2)16-6-8-17(9-7-16)23-20(21)22-12-11-15-5-10-18(24)19(13-15)25-3;/h5-10,13-14,24H,4,11-12H2,1-3H3,(H3,21,22,23);1H. The molecule has 0 heterocycles. The number of nitrogens with one attached hydrogen (secondary N) is 1. The summed E-state index contributed by atoms with van der Waals surface area (Å²) in [6.07, 6.45) is 1.84. The molecule has 0 amide bonds. The van der Waals surface area contributed by atoms with E-state index in [2.05, 4.69) is 36.3 Å². The topological polar surface area (TPSA) is 79.9 Å². The molecule has 2 aromatic carbocycles. The molecule has 0 bridgehead atoms. The lowest BCUT2D eigenvalue weighted by Gasteiger charge is -2.11. The molecule has 142 valence electrons. The van der Waals surface area contributed by atoms with E-state index in [9.17, 15) is 5.11 Å². The van der Waals surface area contributed by atoms with Crippen LogP contribution in [0.1, 0.15) is 37.3 Å². The maximum atomic E-state index is 9.60. The van der Waals surface area contributed by atoms with Gasteiger partial charge in [0.2, 0.25) is 0 Å². The number of phenols is 1. The van der Waals surface area contributed by atoms with Crippen LogP contribution in [0.5, 0.6) is 11.5 Å². The molecule has 0 saturated carbocycles. The largest absolute Gasteiger partial charge is 0.504 e. The highest BCUT2D eigenvalue weighted by Gasteiger charge is 2.04. The Morgan fingerprint density at radius 1 is 1.23 bits per heavy atom. The fourth-order valence-corrected chi connectivity index (χ4v) is 2.50. The van der Waals surface area contributed by atoms with Crippen LogP contribution in [0.2, 0.25) is 0 Å². The Morgan fingerprint density at radius 2 is 1.92 bits per heavy atom. The second-order valence-electron chi connectivity index (χ2n) is 6.08. The van der Waals surface area contributed by atoms with Gasteiger partial charge in [0.15, 0.2) is 17.5 Å². The highest BCUT2D eigenvalue weighted by atomic mass is 127. The molecule has 0 aromatic heterocycles. The minimum absolute atomic E-state index is 0. The van der Waals surface area contributed by atoms with Crippen molar-refractivity contribution in [2.75, 3.05) is 19.0 Å². The monoisotopic (exact) mass is 469 g/mol. The summed E-state index contributed by atoms with van der Waals surface area (Å²) in [6, 6.07) is 13.6. The van der Waals surface area contributed by atoms with Crippen LogP contribution in [-0.2, 0) is 6.42 Å². The van der Waals surface area contributed by atoms with E-state index in [0.717, 1.165) is 17.7 Å². The number of nitrogens with two attached hydrogens (primary N) is 1. The molecule has 0 fully saturated rings. The van der Waals surface area contributed by atoms with Crippen molar-refractivity contribution in [2.45, 2.75) is 32.6 Å². The van der Waals surface area contributed by atoms with Crippen LogP contribution in [-0.4, -0.2) is 24.7 Å². The van der Waals surface area contributed by atoms with E-state index < -0.39 is 0 Å². The van der Waals surface area contributed by atoms with Crippen molar-refractivity contribution in [1.82, 2.24) is 0 Å². The second kappa shape index (κ2) is 10.9. The number of hydrogen-bond acceptors (Lipinski definition) is 3. The van der Waals surface area contributed by atoms with Gasteiger partial charge in [0.25, 0.3) is 0 Å². The number of halogens is 1. The van der Waals surface area contributed by atoms with Crippen molar-refractivity contribution in [2.24, 2.45) is 10.7 Å². The van der Waals surface area contributed by atoms with Crippen LogP contribution >= 0.6 is 24.0 Å². The van der Waals surface area contributed by atoms with Crippen molar-refractivity contribution in [3.8, 4) is 11.5 Å².